The van der Waals surface area contributed by atoms with E-state index in [1.165, 1.54) is 7.11 Å². The van der Waals surface area contributed by atoms with Crippen LogP contribution in [-0.4, -0.2) is 48.1 Å². The summed E-state index contributed by atoms with van der Waals surface area (Å²) in [6.07, 6.45) is 3.13. The maximum atomic E-state index is 12.5. The number of imidazole rings is 1. The van der Waals surface area contributed by atoms with Gasteiger partial charge in [0.25, 0.3) is 0 Å². The van der Waals surface area contributed by atoms with Crippen LogP contribution in [0, 0.1) is 0 Å². The molecule has 2 aromatic heterocycles. The number of rotatable bonds is 7. The van der Waals surface area contributed by atoms with E-state index < -0.39 is 0 Å². The van der Waals surface area contributed by atoms with Crippen molar-refractivity contribution in [2.45, 2.75) is 25.4 Å². The van der Waals surface area contributed by atoms with Gasteiger partial charge in [0, 0.05) is 30.9 Å². The number of hydrogen-bond donors (Lipinski definition) is 0. The molecule has 0 N–H and O–H groups in total. The lowest BCUT2D eigenvalue weighted by atomic mass is 9.89. The highest BCUT2D eigenvalue weighted by molar-refractivity contribution is 5.71. The molecule has 1 aliphatic rings. The van der Waals surface area contributed by atoms with Gasteiger partial charge in [0.05, 0.1) is 39.1 Å². The van der Waals surface area contributed by atoms with Gasteiger partial charge >= 0.3 is 5.97 Å². The molecule has 7 heteroatoms. The van der Waals surface area contributed by atoms with Gasteiger partial charge in [-0.1, -0.05) is 36.4 Å². The van der Waals surface area contributed by atoms with E-state index in [0.29, 0.717) is 18.0 Å². The maximum Gasteiger partial charge on any atom is 0.307 e. The fourth-order valence-electron chi connectivity index (χ4n) is 4.97. The zero-order valence-corrected chi connectivity index (χ0v) is 20.2. The van der Waals surface area contributed by atoms with Crippen LogP contribution < -0.4 is 9.47 Å². The van der Waals surface area contributed by atoms with Crippen LogP contribution in [-0.2, 0) is 22.5 Å². The predicted octanol–water partition coefficient (Wildman–Crippen LogP) is 4.68. The summed E-state index contributed by atoms with van der Waals surface area (Å²) in [5.41, 5.74) is 6.23. The van der Waals surface area contributed by atoms with Crippen molar-refractivity contribution in [2.75, 3.05) is 27.9 Å². The molecular formula is C28H29N3O4. The summed E-state index contributed by atoms with van der Waals surface area (Å²) in [5, 5.41) is 0. The van der Waals surface area contributed by atoms with Crippen LogP contribution in [0.4, 0.5) is 0 Å². The normalized spacial score (nSPS) is 15.6. The topological polar surface area (TPSA) is 65.3 Å². The number of carbonyl (C=O) groups is 1. The summed E-state index contributed by atoms with van der Waals surface area (Å²) in [4.78, 5) is 19.8. The van der Waals surface area contributed by atoms with E-state index in [2.05, 4.69) is 21.4 Å². The summed E-state index contributed by atoms with van der Waals surface area (Å²) in [5.74, 6) is 1.11. The van der Waals surface area contributed by atoms with Crippen LogP contribution in [0.15, 0.2) is 66.9 Å². The van der Waals surface area contributed by atoms with Crippen molar-refractivity contribution in [1.82, 2.24) is 14.3 Å². The Balaban J connectivity index is 1.59. The average Bonchev–Trinajstić information content (AvgIpc) is 3.27. The maximum absolute atomic E-state index is 12.5. The number of fused-ring (bicyclic) bond motifs is 2. The van der Waals surface area contributed by atoms with Gasteiger partial charge < -0.3 is 18.6 Å². The molecule has 0 aliphatic carbocycles. The number of carbonyl (C=O) groups excluding carboxylic acids is 1. The highest BCUT2D eigenvalue weighted by Crippen LogP contribution is 2.40. The van der Waals surface area contributed by atoms with Gasteiger partial charge in [-0.2, -0.15) is 0 Å². The van der Waals surface area contributed by atoms with Crippen molar-refractivity contribution in [3.8, 4) is 22.8 Å². The SMILES string of the molecule is COC(=O)C[C@@H]1c2cc(OC)c(OC)cc2CCN1Cc1c(-c2ccccc2)nc2ccccn12. The minimum atomic E-state index is -0.246. The van der Waals surface area contributed by atoms with E-state index >= 15 is 0 Å². The Morgan fingerprint density at radius 1 is 1.00 bits per heavy atom. The third kappa shape index (κ3) is 4.35. The third-order valence-corrected chi connectivity index (χ3v) is 6.73. The first-order chi connectivity index (χ1) is 17.1. The van der Waals surface area contributed by atoms with Gasteiger partial charge in [0.2, 0.25) is 0 Å². The van der Waals surface area contributed by atoms with E-state index in [4.69, 9.17) is 19.2 Å². The molecule has 0 radical (unpaired) electrons. The number of ether oxygens (including phenoxy) is 3. The van der Waals surface area contributed by atoms with Crippen LogP contribution in [0.3, 0.4) is 0 Å². The predicted molar refractivity (Wildman–Crippen MR) is 134 cm³/mol. The highest BCUT2D eigenvalue weighted by Gasteiger charge is 2.32. The van der Waals surface area contributed by atoms with E-state index in [0.717, 1.165) is 46.7 Å². The van der Waals surface area contributed by atoms with Crippen molar-refractivity contribution < 1.29 is 19.0 Å². The molecule has 0 saturated heterocycles. The molecule has 4 aromatic rings. The minimum absolute atomic E-state index is 0.163. The second-order valence-electron chi connectivity index (χ2n) is 8.62. The van der Waals surface area contributed by atoms with Gasteiger partial charge in [-0.15, -0.1) is 0 Å². The molecule has 3 heterocycles. The molecule has 0 fully saturated rings. The van der Waals surface area contributed by atoms with Crippen LogP contribution in [0.1, 0.15) is 29.3 Å². The molecular weight excluding hydrogens is 442 g/mol. The quantitative estimate of drug-likeness (QED) is 0.365. The molecule has 1 aliphatic heterocycles. The van der Waals surface area contributed by atoms with Gasteiger partial charge in [0.1, 0.15) is 5.65 Å². The van der Waals surface area contributed by atoms with Crippen LogP contribution in [0.5, 0.6) is 11.5 Å². The van der Waals surface area contributed by atoms with Gasteiger partial charge in [-0.3, -0.25) is 9.69 Å². The first-order valence-corrected chi connectivity index (χ1v) is 11.7. The first-order valence-electron chi connectivity index (χ1n) is 11.7. The molecule has 0 amide bonds. The summed E-state index contributed by atoms with van der Waals surface area (Å²) in [6, 6.07) is 20.1. The van der Waals surface area contributed by atoms with Crippen LogP contribution in [0.25, 0.3) is 16.9 Å². The van der Waals surface area contributed by atoms with Gasteiger partial charge in [0.15, 0.2) is 11.5 Å². The van der Waals surface area contributed by atoms with Crippen molar-refractivity contribution in [3.05, 3.63) is 83.7 Å². The van der Waals surface area contributed by atoms with E-state index in [9.17, 15) is 4.79 Å². The largest absolute Gasteiger partial charge is 0.493 e. The number of aromatic nitrogens is 2. The molecule has 0 saturated carbocycles. The Morgan fingerprint density at radius 3 is 2.49 bits per heavy atom. The Hall–Kier alpha value is -3.84. The number of hydrogen-bond acceptors (Lipinski definition) is 6. The Kier molecular flexibility index (Phi) is 6.42. The zero-order chi connectivity index (χ0) is 24.4. The lowest BCUT2D eigenvalue weighted by Gasteiger charge is -2.37. The van der Waals surface area contributed by atoms with Crippen molar-refractivity contribution in [2.24, 2.45) is 0 Å². The third-order valence-electron chi connectivity index (χ3n) is 6.73. The van der Waals surface area contributed by atoms with Gasteiger partial charge in [-0.25, -0.2) is 4.98 Å². The Labute approximate surface area is 204 Å². The lowest BCUT2D eigenvalue weighted by Crippen LogP contribution is -2.37. The van der Waals surface area contributed by atoms with E-state index in [1.807, 2.05) is 54.7 Å². The number of esters is 1. The molecule has 7 nitrogen and oxygen atoms in total. The fourth-order valence-corrected chi connectivity index (χ4v) is 4.97. The monoisotopic (exact) mass is 471 g/mol. The highest BCUT2D eigenvalue weighted by atomic mass is 16.5. The smallest absolute Gasteiger partial charge is 0.307 e. The number of pyridine rings is 1. The molecule has 180 valence electrons. The number of nitrogens with zero attached hydrogens (tertiary/aromatic N) is 3. The van der Waals surface area contributed by atoms with Crippen molar-refractivity contribution in [3.63, 3.8) is 0 Å². The number of methoxy groups -OCH3 is 3. The summed E-state index contributed by atoms with van der Waals surface area (Å²) >= 11 is 0. The van der Waals surface area contributed by atoms with Gasteiger partial charge in [-0.05, 0) is 41.8 Å². The summed E-state index contributed by atoms with van der Waals surface area (Å²) in [7, 11) is 4.70. The first kappa shape index (κ1) is 22.9. The summed E-state index contributed by atoms with van der Waals surface area (Å²) in [6.45, 7) is 1.42. The molecule has 2 aromatic carbocycles. The zero-order valence-electron chi connectivity index (χ0n) is 20.2. The van der Waals surface area contributed by atoms with Crippen molar-refractivity contribution in [1.29, 1.82) is 0 Å². The standard InChI is InChI=1S/C28H29N3O4/c1-33-24-15-20-12-14-30(22(17-27(32)35-3)21(20)16-25(24)34-2)18-23-28(19-9-5-4-6-10-19)29-26-11-7-8-13-31(23)26/h4-11,13,15-16,22H,12,14,17-18H2,1-3H3/t22-/m1/s1. The Bertz CT molecular complexity index is 1350. The minimum Gasteiger partial charge on any atom is -0.493 e. The van der Waals surface area contributed by atoms with Crippen LogP contribution in [0.2, 0.25) is 0 Å². The molecule has 0 bridgehead atoms. The van der Waals surface area contributed by atoms with Crippen LogP contribution >= 0.6 is 0 Å². The van der Waals surface area contributed by atoms with E-state index in [1.54, 1.807) is 14.2 Å². The summed E-state index contributed by atoms with van der Waals surface area (Å²) < 4.78 is 18.3. The molecule has 0 spiro atoms. The molecule has 35 heavy (non-hydrogen) atoms. The molecule has 5 rings (SSSR count). The second-order valence-corrected chi connectivity index (χ2v) is 8.62. The molecule has 0 unspecified atom stereocenters. The lowest BCUT2D eigenvalue weighted by molar-refractivity contribution is -0.142. The van der Waals surface area contributed by atoms with E-state index in [-0.39, 0.29) is 18.4 Å². The fraction of sp³-hybridized carbons (Fsp3) is 0.286. The number of benzene rings is 2. The Morgan fingerprint density at radius 2 is 1.74 bits per heavy atom. The molecule has 1 atom stereocenters. The van der Waals surface area contributed by atoms with Crippen molar-refractivity contribution >= 4 is 11.6 Å². The second kappa shape index (κ2) is 9.80. The average molecular weight is 472 g/mol.